The molecule has 1 aromatic carbocycles. The normalized spacial score (nSPS) is 11.8. The molecule has 0 saturated heterocycles. The summed E-state index contributed by atoms with van der Waals surface area (Å²) in [7, 11) is -4.93. The first-order valence-corrected chi connectivity index (χ1v) is 5.66. The molecular weight excluding hydrogens is 203 g/mol. The minimum absolute atomic E-state index is 0.0581. The summed E-state index contributed by atoms with van der Waals surface area (Å²) in [5.41, 5.74) is 1.06. The van der Waals surface area contributed by atoms with Gasteiger partial charge in [0.15, 0.2) is 0 Å². The van der Waals surface area contributed by atoms with Crippen LogP contribution in [0.5, 0.6) is 5.75 Å². The molecule has 0 fully saturated rings. The highest BCUT2D eigenvalue weighted by atomic mass is 31.2. The van der Waals surface area contributed by atoms with E-state index < -0.39 is 7.82 Å². The molecule has 1 rings (SSSR count). The van der Waals surface area contributed by atoms with Gasteiger partial charge in [-0.25, -0.2) is 0 Å². The first kappa shape index (κ1) is 11.2. The van der Waals surface area contributed by atoms with Crippen molar-refractivity contribution in [3.8, 4) is 5.75 Å². The third-order valence-corrected chi connectivity index (χ3v) is 2.20. The minimum atomic E-state index is -4.93. The van der Waals surface area contributed by atoms with E-state index in [2.05, 4.69) is 4.52 Å². The fraction of sp³-hybridized carbons (Fsp3) is 0.333. The zero-order valence-electron chi connectivity index (χ0n) is 7.97. The lowest BCUT2D eigenvalue weighted by Crippen LogP contribution is -2.18. The highest BCUT2D eigenvalue weighted by Gasteiger charge is 2.00. The van der Waals surface area contributed by atoms with Gasteiger partial charge in [0.1, 0.15) is 13.6 Å². The van der Waals surface area contributed by atoms with Crippen molar-refractivity contribution in [1.82, 2.24) is 0 Å². The van der Waals surface area contributed by atoms with Crippen LogP contribution in [0.4, 0.5) is 0 Å². The van der Waals surface area contributed by atoms with Crippen molar-refractivity contribution < 1.29 is 18.9 Å². The predicted molar refractivity (Wildman–Crippen MR) is 48.8 cm³/mol. The van der Waals surface area contributed by atoms with Crippen molar-refractivity contribution in [2.24, 2.45) is 0 Å². The molecule has 4 nitrogen and oxygen atoms in total. The van der Waals surface area contributed by atoms with E-state index in [1.807, 2.05) is 13.8 Å². The van der Waals surface area contributed by atoms with Crippen LogP contribution in [0, 0.1) is 0 Å². The fourth-order valence-electron chi connectivity index (χ4n) is 1.04. The molecule has 0 N–H and O–H groups in total. The van der Waals surface area contributed by atoms with Gasteiger partial charge in [-0.1, -0.05) is 26.0 Å². The maximum Gasteiger partial charge on any atom is 0.124 e. The molecule has 0 unspecified atom stereocenters. The summed E-state index contributed by atoms with van der Waals surface area (Å²) >= 11 is 0. The van der Waals surface area contributed by atoms with E-state index in [-0.39, 0.29) is 5.75 Å². The van der Waals surface area contributed by atoms with Gasteiger partial charge in [0.05, 0.1) is 0 Å². The molecule has 0 aliphatic rings. The van der Waals surface area contributed by atoms with Crippen LogP contribution in [0.2, 0.25) is 0 Å². The molecule has 0 heterocycles. The Morgan fingerprint density at radius 3 is 2.07 bits per heavy atom. The van der Waals surface area contributed by atoms with Crippen molar-refractivity contribution in [2.45, 2.75) is 19.8 Å². The van der Waals surface area contributed by atoms with Gasteiger partial charge in [-0.15, -0.1) is 0 Å². The SMILES string of the molecule is CC(C)c1ccc(OP(=O)([O-])[O-])cc1. The number of phosphoric ester groups is 1. The highest BCUT2D eigenvalue weighted by molar-refractivity contribution is 7.43. The van der Waals surface area contributed by atoms with Crippen LogP contribution in [0.25, 0.3) is 0 Å². The molecule has 0 amide bonds. The van der Waals surface area contributed by atoms with Gasteiger partial charge in [0.25, 0.3) is 0 Å². The topological polar surface area (TPSA) is 72.4 Å². The van der Waals surface area contributed by atoms with E-state index in [0.717, 1.165) is 5.56 Å². The molecule has 5 heteroatoms. The largest absolute Gasteiger partial charge is 0.780 e. The van der Waals surface area contributed by atoms with Gasteiger partial charge < -0.3 is 18.9 Å². The molecular formula is C9H11O4P-2. The lowest BCUT2D eigenvalue weighted by molar-refractivity contribution is -0.333. The van der Waals surface area contributed by atoms with Gasteiger partial charge in [-0.05, 0) is 23.6 Å². The minimum Gasteiger partial charge on any atom is -0.780 e. The number of rotatable bonds is 3. The van der Waals surface area contributed by atoms with Crippen molar-refractivity contribution in [2.75, 3.05) is 0 Å². The number of benzene rings is 1. The van der Waals surface area contributed by atoms with Gasteiger partial charge in [-0.3, -0.25) is 0 Å². The van der Waals surface area contributed by atoms with E-state index in [0.29, 0.717) is 5.92 Å². The third-order valence-electron chi connectivity index (χ3n) is 1.76. The van der Waals surface area contributed by atoms with Gasteiger partial charge in [0.2, 0.25) is 0 Å². The fourth-order valence-corrected chi connectivity index (χ4v) is 1.42. The average Bonchev–Trinajstić information content (AvgIpc) is 2.02. The first-order chi connectivity index (χ1) is 6.38. The molecule has 0 aromatic heterocycles. The molecule has 0 bridgehead atoms. The lowest BCUT2D eigenvalue weighted by atomic mass is 10.0. The average molecular weight is 214 g/mol. The Hall–Kier alpha value is -0.830. The Balaban J connectivity index is 2.79. The van der Waals surface area contributed by atoms with E-state index in [4.69, 9.17) is 0 Å². The summed E-state index contributed by atoms with van der Waals surface area (Å²) in [6.07, 6.45) is 0. The van der Waals surface area contributed by atoms with E-state index in [9.17, 15) is 14.4 Å². The third kappa shape index (κ3) is 3.50. The Morgan fingerprint density at radius 1 is 1.21 bits per heavy atom. The van der Waals surface area contributed by atoms with Crippen LogP contribution in [-0.2, 0) is 4.57 Å². The van der Waals surface area contributed by atoms with Crippen molar-refractivity contribution in [1.29, 1.82) is 0 Å². The zero-order chi connectivity index (χ0) is 10.8. The second-order valence-electron chi connectivity index (χ2n) is 3.26. The lowest BCUT2D eigenvalue weighted by Gasteiger charge is -2.29. The van der Waals surface area contributed by atoms with Crippen molar-refractivity contribution in [3.63, 3.8) is 0 Å². The molecule has 0 saturated carbocycles. The Bertz CT molecular complexity index is 338. The smallest absolute Gasteiger partial charge is 0.124 e. The molecule has 0 spiro atoms. The van der Waals surface area contributed by atoms with Crippen molar-refractivity contribution >= 4 is 7.82 Å². The number of hydrogen-bond donors (Lipinski definition) is 0. The summed E-state index contributed by atoms with van der Waals surface area (Å²) < 4.78 is 14.5. The van der Waals surface area contributed by atoms with E-state index in [1.165, 1.54) is 12.1 Å². The molecule has 14 heavy (non-hydrogen) atoms. The van der Waals surface area contributed by atoms with Gasteiger partial charge in [-0.2, -0.15) is 0 Å². The van der Waals surface area contributed by atoms with E-state index in [1.54, 1.807) is 12.1 Å². The van der Waals surface area contributed by atoms with Crippen molar-refractivity contribution in [3.05, 3.63) is 29.8 Å². The summed E-state index contributed by atoms with van der Waals surface area (Å²) in [5.74, 6) is 0.415. The molecule has 1 aromatic rings. The second kappa shape index (κ2) is 4.13. The van der Waals surface area contributed by atoms with E-state index >= 15 is 0 Å². The molecule has 0 radical (unpaired) electrons. The summed E-state index contributed by atoms with van der Waals surface area (Å²) in [4.78, 5) is 20.5. The molecule has 0 aliphatic heterocycles. The Kier molecular flexibility index (Phi) is 3.32. The van der Waals surface area contributed by atoms with Crippen LogP contribution in [0.1, 0.15) is 25.3 Å². The maximum absolute atomic E-state index is 10.3. The molecule has 0 aliphatic carbocycles. The number of hydrogen-bond acceptors (Lipinski definition) is 4. The summed E-state index contributed by atoms with van der Waals surface area (Å²) in [5, 5.41) is 0. The van der Waals surface area contributed by atoms with Crippen LogP contribution in [0.15, 0.2) is 24.3 Å². The Morgan fingerprint density at radius 2 is 1.71 bits per heavy atom. The van der Waals surface area contributed by atoms with Gasteiger partial charge >= 0.3 is 0 Å². The predicted octanol–water partition coefficient (Wildman–Crippen LogP) is 1.02. The van der Waals surface area contributed by atoms with Gasteiger partial charge in [0, 0.05) is 0 Å². The van der Waals surface area contributed by atoms with Crippen LogP contribution in [0.3, 0.4) is 0 Å². The Labute approximate surface area is 82.8 Å². The van der Waals surface area contributed by atoms with Crippen LogP contribution >= 0.6 is 7.82 Å². The first-order valence-electron chi connectivity index (χ1n) is 4.20. The maximum atomic E-state index is 10.3. The number of phosphoric acid groups is 1. The second-order valence-corrected chi connectivity index (χ2v) is 4.34. The standard InChI is InChI=1S/C9H13O4P/c1-7(2)8-3-5-9(6-4-8)13-14(10,11)12/h3-7H,1-2H3,(H2,10,11,12)/p-2. The highest BCUT2D eigenvalue weighted by Crippen LogP contribution is 2.29. The molecule has 78 valence electrons. The van der Waals surface area contributed by atoms with Crippen LogP contribution < -0.4 is 14.3 Å². The van der Waals surface area contributed by atoms with Crippen LogP contribution in [-0.4, -0.2) is 0 Å². The summed E-state index contributed by atoms with van der Waals surface area (Å²) in [6, 6.07) is 6.40. The monoisotopic (exact) mass is 214 g/mol. The molecule has 0 atom stereocenters. The summed E-state index contributed by atoms with van der Waals surface area (Å²) in [6.45, 7) is 4.03. The zero-order valence-corrected chi connectivity index (χ0v) is 8.86. The quantitative estimate of drug-likeness (QED) is 0.704.